The average Bonchev–Trinajstić information content (AvgIpc) is 3.06. The Morgan fingerprint density at radius 3 is 2.79 bits per heavy atom. The van der Waals surface area contributed by atoms with E-state index in [0.717, 1.165) is 41.9 Å². The van der Waals surface area contributed by atoms with Gasteiger partial charge in [-0.15, -0.1) is 22.6 Å². The Hall–Kier alpha value is -2.11. The smallest absolute Gasteiger partial charge is 0.419 e. The van der Waals surface area contributed by atoms with Crippen LogP contribution in [-0.2, 0) is 18.8 Å². The van der Waals surface area contributed by atoms with Crippen LogP contribution in [0.25, 0.3) is 11.6 Å². The molecule has 1 aliphatic heterocycles. The second-order valence-electron chi connectivity index (χ2n) is 8.74. The predicted molar refractivity (Wildman–Crippen MR) is 121 cm³/mol. The molecule has 0 amide bonds. The minimum atomic E-state index is -4.69. The van der Waals surface area contributed by atoms with Crippen molar-refractivity contribution in [2.45, 2.75) is 55.5 Å². The number of aryl methyl sites for hydroxylation is 1. The van der Waals surface area contributed by atoms with E-state index >= 15 is 0 Å². The zero-order chi connectivity index (χ0) is 23.4. The second-order valence-corrected chi connectivity index (χ2v) is 9.80. The number of alkyl halides is 3. The van der Waals surface area contributed by atoms with E-state index in [1.54, 1.807) is 11.8 Å². The molecule has 1 saturated carbocycles. The summed E-state index contributed by atoms with van der Waals surface area (Å²) in [5.41, 5.74) is -0.950. The molecular weight excluding hydrogens is 494 g/mol. The van der Waals surface area contributed by atoms with Crippen LogP contribution >= 0.6 is 24.2 Å². The van der Waals surface area contributed by atoms with Crippen molar-refractivity contribution in [3.8, 4) is 11.6 Å². The fourth-order valence-electron chi connectivity index (χ4n) is 4.90. The van der Waals surface area contributed by atoms with Gasteiger partial charge in [0.05, 0.1) is 11.3 Å². The minimum Gasteiger partial charge on any atom is -0.440 e. The number of hydrogen-bond donors (Lipinski definition) is 1. The lowest BCUT2D eigenvalue weighted by molar-refractivity contribution is -0.140. The normalized spacial score (nSPS) is 23.6. The zero-order valence-electron chi connectivity index (χ0n) is 18.5. The number of fused-ring (bicyclic) bond motifs is 1. The molecule has 2 aliphatic rings. The van der Waals surface area contributed by atoms with Crippen molar-refractivity contribution in [3.63, 3.8) is 0 Å². The highest BCUT2D eigenvalue weighted by Gasteiger charge is 2.62. The summed E-state index contributed by atoms with van der Waals surface area (Å²) in [7, 11) is 1.87. The van der Waals surface area contributed by atoms with E-state index in [1.165, 1.54) is 18.5 Å². The number of hydrogen-bond acceptors (Lipinski definition) is 6. The van der Waals surface area contributed by atoms with Gasteiger partial charge in [-0.2, -0.15) is 13.2 Å². The molecule has 3 unspecified atom stereocenters. The van der Waals surface area contributed by atoms with Crippen molar-refractivity contribution in [3.05, 3.63) is 47.2 Å². The first-order valence-electron chi connectivity index (χ1n) is 10.8. The van der Waals surface area contributed by atoms with Crippen molar-refractivity contribution in [1.82, 2.24) is 25.1 Å². The number of piperidine rings is 1. The molecular formula is C22H24ClF4N5OS. The maximum atomic E-state index is 14.7. The molecule has 2 aromatic heterocycles. The van der Waals surface area contributed by atoms with Gasteiger partial charge in [-0.3, -0.25) is 0 Å². The predicted octanol–water partition coefficient (Wildman–Crippen LogP) is 5.51. The van der Waals surface area contributed by atoms with Crippen LogP contribution in [0.1, 0.15) is 42.5 Å². The monoisotopic (exact) mass is 517 g/mol. The van der Waals surface area contributed by atoms with Crippen LogP contribution in [0.3, 0.4) is 0 Å². The van der Waals surface area contributed by atoms with Crippen LogP contribution in [0.5, 0.6) is 0 Å². The van der Waals surface area contributed by atoms with Crippen LogP contribution < -0.4 is 5.32 Å². The summed E-state index contributed by atoms with van der Waals surface area (Å²) < 4.78 is 61.3. The first kappa shape index (κ1) is 25.0. The Morgan fingerprint density at radius 1 is 1.29 bits per heavy atom. The van der Waals surface area contributed by atoms with E-state index in [4.69, 9.17) is 4.42 Å². The Balaban J connectivity index is 0.00000274. The Morgan fingerprint density at radius 2 is 2.09 bits per heavy atom. The molecule has 6 nitrogen and oxygen atoms in total. The van der Waals surface area contributed by atoms with Gasteiger partial charge in [-0.25, -0.2) is 9.37 Å². The summed E-state index contributed by atoms with van der Waals surface area (Å²) >= 11 is 1.58. The number of oxazole rings is 1. The number of nitrogens with zero attached hydrogens (tertiary/aromatic N) is 4. The Bertz CT molecular complexity index is 1180. The summed E-state index contributed by atoms with van der Waals surface area (Å²) in [4.78, 5) is 4.08. The number of nitrogens with one attached hydrogen (secondary N) is 1. The molecule has 34 heavy (non-hydrogen) atoms. The van der Waals surface area contributed by atoms with E-state index < -0.39 is 23.1 Å². The average molecular weight is 518 g/mol. The summed E-state index contributed by atoms with van der Waals surface area (Å²) in [5.74, 6) is 1.07. The Labute approximate surface area is 204 Å². The van der Waals surface area contributed by atoms with Crippen LogP contribution in [-0.4, -0.2) is 31.5 Å². The number of benzene rings is 1. The molecule has 5 rings (SSSR count). The van der Waals surface area contributed by atoms with Crippen molar-refractivity contribution >= 4 is 24.2 Å². The second kappa shape index (κ2) is 9.16. The van der Waals surface area contributed by atoms with Gasteiger partial charge in [-0.1, -0.05) is 23.9 Å². The molecule has 1 saturated heterocycles. The van der Waals surface area contributed by atoms with E-state index in [1.807, 2.05) is 18.5 Å². The maximum Gasteiger partial charge on any atom is 0.419 e. The molecule has 0 bridgehead atoms. The van der Waals surface area contributed by atoms with Crippen molar-refractivity contribution in [2.75, 3.05) is 5.75 Å². The van der Waals surface area contributed by atoms with Gasteiger partial charge < -0.3 is 14.3 Å². The van der Waals surface area contributed by atoms with Crippen molar-refractivity contribution in [2.24, 2.45) is 13.0 Å². The SMILES string of the molecule is Cc1ncoc1-c1nnc(SCCCC2CC3CC3(c3cccc(C(F)(F)F)c3F)N2)n1C.Cl. The van der Waals surface area contributed by atoms with Crippen LogP contribution in [0.15, 0.2) is 34.2 Å². The fourth-order valence-corrected chi connectivity index (χ4v) is 5.77. The number of rotatable bonds is 7. The minimum absolute atomic E-state index is 0. The standard InChI is InChI=1S/C22H23F4N5OS.ClH/c1-12-18(32-11-27-12)19-29-30-20(31(19)2)33-8-4-5-14-9-13-10-21(13,28-14)15-6-3-7-16(17(15)23)22(24,25)26;/h3,6-7,11,13-14,28H,4-5,8-10H2,1-2H3;1H. The number of aromatic nitrogens is 4. The molecule has 1 aliphatic carbocycles. The van der Waals surface area contributed by atoms with E-state index in [2.05, 4.69) is 20.5 Å². The molecule has 1 aromatic carbocycles. The zero-order valence-corrected chi connectivity index (χ0v) is 20.2. The van der Waals surface area contributed by atoms with Crippen LogP contribution in [0.2, 0.25) is 0 Å². The molecule has 2 fully saturated rings. The van der Waals surface area contributed by atoms with Gasteiger partial charge in [0.15, 0.2) is 17.3 Å². The lowest BCUT2D eigenvalue weighted by Gasteiger charge is -2.21. The van der Waals surface area contributed by atoms with Crippen molar-refractivity contribution < 1.29 is 22.0 Å². The summed E-state index contributed by atoms with van der Waals surface area (Å²) in [6, 6.07) is 3.74. The highest BCUT2D eigenvalue weighted by molar-refractivity contribution is 7.99. The molecule has 3 aromatic rings. The Kier molecular flexibility index (Phi) is 6.73. The van der Waals surface area contributed by atoms with Gasteiger partial charge >= 0.3 is 6.18 Å². The van der Waals surface area contributed by atoms with Gasteiger partial charge in [0.1, 0.15) is 5.82 Å². The maximum absolute atomic E-state index is 14.7. The lowest BCUT2D eigenvalue weighted by Crippen LogP contribution is -2.34. The molecule has 0 spiro atoms. The first-order chi connectivity index (χ1) is 15.7. The van der Waals surface area contributed by atoms with Gasteiger partial charge in [-0.05, 0) is 44.6 Å². The molecule has 0 radical (unpaired) electrons. The first-order valence-corrected chi connectivity index (χ1v) is 11.8. The molecule has 1 N–H and O–H groups in total. The van der Waals surface area contributed by atoms with Gasteiger partial charge in [0.2, 0.25) is 5.82 Å². The van der Waals surface area contributed by atoms with E-state index in [0.29, 0.717) is 18.0 Å². The topological polar surface area (TPSA) is 68.8 Å². The number of halogens is 5. The molecule has 3 heterocycles. The quantitative estimate of drug-likeness (QED) is 0.253. The highest BCUT2D eigenvalue weighted by atomic mass is 35.5. The van der Waals surface area contributed by atoms with Crippen LogP contribution in [0, 0.1) is 18.7 Å². The van der Waals surface area contributed by atoms with Gasteiger partial charge in [0.25, 0.3) is 0 Å². The highest BCUT2D eigenvalue weighted by Crippen LogP contribution is 2.60. The third kappa shape index (κ3) is 4.33. The third-order valence-electron chi connectivity index (χ3n) is 6.63. The van der Waals surface area contributed by atoms with E-state index in [9.17, 15) is 17.6 Å². The van der Waals surface area contributed by atoms with Gasteiger partial charge in [0, 0.05) is 29.9 Å². The summed E-state index contributed by atoms with van der Waals surface area (Å²) in [6.45, 7) is 1.84. The summed E-state index contributed by atoms with van der Waals surface area (Å²) in [5, 5.41) is 12.6. The van der Waals surface area contributed by atoms with Crippen molar-refractivity contribution in [1.29, 1.82) is 0 Å². The molecule has 3 atom stereocenters. The number of thioether (sulfide) groups is 1. The summed E-state index contributed by atoms with van der Waals surface area (Å²) in [6.07, 6.45) is -0.0402. The largest absolute Gasteiger partial charge is 0.440 e. The van der Waals surface area contributed by atoms with E-state index in [-0.39, 0.29) is 29.9 Å². The molecule has 12 heteroatoms. The molecule has 184 valence electrons. The fraction of sp³-hybridized carbons (Fsp3) is 0.500. The lowest BCUT2D eigenvalue weighted by atomic mass is 10.00. The third-order valence-corrected chi connectivity index (χ3v) is 7.74. The van der Waals surface area contributed by atoms with Crippen LogP contribution in [0.4, 0.5) is 17.6 Å².